The molecule has 2 aliphatic rings. The minimum absolute atomic E-state index is 0.502. The third-order valence-electron chi connectivity index (χ3n) is 3.92. The summed E-state index contributed by atoms with van der Waals surface area (Å²) < 4.78 is 13.3. The molecule has 2 rings (SSSR count). The average Bonchev–Trinajstić information content (AvgIpc) is 2.65. The van der Waals surface area contributed by atoms with Gasteiger partial charge in [0.25, 0.3) is 0 Å². The average molecular weight is 185 g/mol. The maximum atomic E-state index is 13.3. The van der Waals surface area contributed by atoms with Gasteiger partial charge in [-0.25, -0.2) is 4.39 Å². The van der Waals surface area contributed by atoms with E-state index in [1.54, 1.807) is 0 Å². The van der Waals surface area contributed by atoms with Crippen molar-refractivity contribution in [3.05, 3.63) is 0 Å². The third kappa shape index (κ3) is 2.04. The van der Waals surface area contributed by atoms with Gasteiger partial charge < -0.3 is 5.73 Å². The lowest BCUT2D eigenvalue weighted by Crippen LogP contribution is -2.18. The van der Waals surface area contributed by atoms with E-state index in [0.29, 0.717) is 18.9 Å². The molecule has 0 spiro atoms. The van der Waals surface area contributed by atoms with Crippen molar-refractivity contribution in [2.45, 2.75) is 44.7 Å². The van der Waals surface area contributed by atoms with Crippen molar-refractivity contribution in [1.82, 2.24) is 0 Å². The Morgan fingerprint density at radius 3 is 2.69 bits per heavy atom. The topological polar surface area (TPSA) is 26.0 Å². The van der Waals surface area contributed by atoms with Gasteiger partial charge in [-0.3, -0.25) is 0 Å². The lowest BCUT2D eigenvalue weighted by molar-refractivity contribution is 0.211. The number of alkyl halides is 1. The molecule has 0 aromatic rings. The van der Waals surface area contributed by atoms with Gasteiger partial charge in [-0.05, 0) is 56.4 Å². The first-order chi connectivity index (χ1) is 6.29. The fourth-order valence-electron chi connectivity index (χ4n) is 3.29. The van der Waals surface area contributed by atoms with Crippen LogP contribution in [0, 0.1) is 17.8 Å². The summed E-state index contributed by atoms with van der Waals surface area (Å²) in [5.41, 5.74) is 5.34. The first-order valence-electron chi connectivity index (χ1n) is 5.63. The summed E-state index contributed by atoms with van der Waals surface area (Å²) in [5.74, 6) is 2.50. The molecule has 76 valence electrons. The van der Waals surface area contributed by atoms with Crippen LogP contribution in [0.5, 0.6) is 0 Å². The summed E-state index contributed by atoms with van der Waals surface area (Å²) in [6.45, 7) is 0.502. The van der Waals surface area contributed by atoms with Gasteiger partial charge in [0.1, 0.15) is 6.17 Å². The fourth-order valence-corrected chi connectivity index (χ4v) is 3.29. The van der Waals surface area contributed by atoms with Crippen LogP contribution in [0.1, 0.15) is 38.5 Å². The van der Waals surface area contributed by atoms with E-state index >= 15 is 0 Å². The van der Waals surface area contributed by atoms with Crippen LogP contribution < -0.4 is 5.73 Å². The molecule has 2 bridgehead atoms. The molecule has 4 atom stereocenters. The molecular weight excluding hydrogens is 165 g/mol. The largest absolute Gasteiger partial charge is 0.330 e. The van der Waals surface area contributed by atoms with E-state index in [1.165, 1.54) is 25.7 Å². The highest BCUT2D eigenvalue weighted by Crippen LogP contribution is 2.50. The molecule has 0 saturated heterocycles. The van der Waals surface area contributed by atoms with E-state index in [1.807, 2.05) is 0 Å². The predicted octanol–water partition coefficient (Wildman–Crippen LogP) is 2.50. The standard InChI is InChI=1S/C11H20FN/c12-11(3-4-13)7-10-6-8-1-2-9(10)5-8/h8-11H,1-7,13H2. The van der Waals surface area contributed by atoms with Gasteiger partial charge in [0.15, 0.2) is 0 Å². The molecule has 4 unspecified atom stereocenters. The zero-order valence-electron chi connectivity index (χ0n) is 8.21. The van der Waals surface area contributed by atoms with E-state index in [2.05, 4.69) is 0 Å². The quantitative estimate of drug-likeness (QED) is 0.715. The summed E-state index contributed by atoms with van der Waals surface area (Å²) >= 11 is 0. The van der Waals surface area contributed by atoms with Crippen molar-refractivity contribution < 1.29 is 4.39 Å². The summed E-state index contributed by atoms with van der Waals surface area (Å²) in [6.07, 6.45) is 6.19. The van der Waals surface area contributed by atoms with E-state index in [0.717, 1.165) is 18.3 Å². The highest BCUT2D eigenvalue weighted by atomic mass is 19.1. The first kappa shape index (κ1) is 9.45. The van der Waals surface area contributed by atoms with Gasteiger partial charge in [0.2, 0.25) is 0 Å². The predicted molar refractivity (Wildman–Crippen MR) is 52.1 cm³/mol. The Morgan fingerprint density at radius 1 is 1.31 bits per heavy atom. The second-order valence-electron chi connectivity index (χ2n) is 4.85. The number of hydrogen-bond donors (Lipinski definition) is 1. The molecule has 2 N–H and O–H groups in total. The number of halogens is 1. The normalized spacial score (nSPS) is 39.7. The van der Waals surface area contributed by atoms with Crippen LogP contribution in [0.25, 0.3) is 0 Å². The Bertz CT molecular complexity index is 171. The lowest BCUT2D eigenvalue weighted by atomic mass is 9.85. The van der Waals surface area contributed by atoms with E-state index < -0.39 is 6.17 Å². The van der Waals surface area contributed by atoms with Crippen molar-refractivity contribution in [1.29, 1.82) is 0 Å². The Kier molecular flexibility index (Phi) is 2.87. The second-order valence-corrected chi connectivity index (χ2v) is 4.85. The summed E-state index contributed by atoms with van der Waals surface area (Å²) in [5, 5.41) is 0. The van der Waals surface area contributed by atoms with Gasteiger partial charge in [-0.2, -0.15) is 0 Å². The summed E-state index contributed by atoms with van der Waals surface area (Å²) in [4.78, 5) is 0. The molecule has 2 aliphatic carbocycles. The molecule has 2 heteroatoms. The zero-order chi connectivity index (χ0) is 9.26. The molecule has 2 fully saturated rings. The third-order valence-corrected chi connectivity index (χ3v) is 3.92. The van der Waals surface area contributed by atoms with Crippen molar-refractivity contribution in [3.8, 4) is 0 Å². The van der Waals surface area contributed by atoms with Crippen LogP contribution in [0.3, 0.4) is 0 Å². The van der Waals surface area contributed by atoms with E-state index in [9.17, 15) is 4.39 Å². The van der Waals surface area contributed by atoms with Crippen LogP contribution >= 0.6 is 0 Å². The monoisotopic (exact) mass is 185 g/mol. The Balaban J connectivity index is 1.76. The minimum Gasteiger partial charge on any atom is -0.330 e. The van der Waals surface area contributed by atoms with Crippen molar-refractivity contribution in [2.75, 3.05) is 6.54 Å². The Labute approximate surface area is 79.9 Å². The molecule has 0 radical (unpaired) electrons. The van der Waals surface area contributed by atoms with Gasteiger partial charge in [-0.1, -0.05) is 6.42 Å². The maximum Gasteiger partial charge on any atom is 0.102 e. The lowest BCUT2D eigenvalue weighted by Gasteiger charge is -2.22. The summed E-state index contributed by atoms with van der Waals surface area (Å²) in [7, 11) is 0. The van der Waals surface area contributed by atoms with Crippen molar-refractivity contribution in [3.63, 3.8) is 0 Å². The van der Waals surface area contributed by atoms with Crippen molar-refractivity contribution >= 4 is 0 Å². The van der Waals surface area contributed by atoms with E-state index in [4.69, 9.17) is 5.73 Å². The van der Waals surface area contributed by atoms with Crippen LogP contribution in [-0.4, -0.2) is 12.7 Å². The molecular formula is C11H20FN. The molecule has 0 aliphatic heterocycles. The van der Waals surface area contributed by atoms with Crippen LogP contribution in [0.2, 0.25) is 0 Å². The molecule has 2 saturated carbocycles. The van der Waals surface area contributed by atoms with Gasteiger partial charge in [-0.15, -0.1) is 0 Å². The molecule has 0 heterocycles. The SMILES string of the molecule is NCCC(F)CC1CC2CCC1C2. The number of nitrogens with two attached hydrogens (primary N) is 1. The number of rotatable bonds is 4. The van der Waals surface area contributed by atoms with Gasteiger partial charge in [0, 0.05) is 0 Å². The van der Waals surface area contributed by atoms with Crippen LogP contribution in [0.15, 0.2) is 0 Å². The van der Waals surface area contributed by atoms with Gasteiger partial charge in [0.05, 0.1) is 0 Å². The highest BCUT2D eigenvalue weighted by Gasteiger charge is 2.39. The zero-order valence-corrected chi connectivity index (χ0v) is 8.21. The first-order valence-corrected chi connectivity index (χ1v) is 5.63. The molecule has 0 aromatic heterocycles. The Hall–Kier alpha value is -0.110. The van der Waals surface area contributed by atoms with Gasteiger partial charge >= 0.3 is 0 Å². The van der Waals surface area contributed by atoms with E-state index in [-0.39, 0.29) is 0 Å². The summed E-state index contributed by atoms with van der Waals surface area (Å²) in [6, 6.07) is 0. The highest BCUT2D eigenvalue weighted by molar-refractivity contribution is 4.90. The number of hydrogen-bond acceptors (Lipinski definition) is 1. The molecule has 13 heavy (non-hydrogen) atoms. The smallest absolute Gasteiger partial charge is 0.102 e. The van der Waals surface area contributed by atoms with Crippen molar-refractivity contribution in [2.24, 2.45) is 23.5 Å². The fraction of sp³-hybridized carbons (Fsp3) is 1.00. The Morgan fingerprint density at radius 2 is 2.15 bits per heavy atom. The number of fused-ring (bicyclic) bond motifs is 2. The molecule has 0 amide bonds. The molecule has 0 aromatic carbocycles. The van der Waals surface area contributed by atoms with Crippen LogP contribution in [-0.2, 0) is 0 Å². The van der Waals surface area contributed by atoms with Crippen LogP contribution in [0.4, 0.5) is 4.39 Å². The molecule has 1 nitrogen and oxygen atoms in total. The minimum atomic E-state index is -0.630. The second kappa shape index (κ2) is 3.95. The maximum absolute atomic E-state index is 13.3.